The number of halogens is 2. The van der Waals surface area contributed by atoms with Crippen molar-refractivity contribution in [1.29, 1.82) is 0 Å². The molecule has 1 aromatic rings. The molecule has 0 aliphatic heterocycles. The molecule has 1 saturated carbocycles. The minimum atomic E-state index is -0.560. The molecule has 0 heterocycles. The van der Waals surface area contributed by atoms with Crippen molar-refractivity contribution in [1.82, 2.24) is 5.32 Å². The summed E-state index contributed by atoms with van der Waals surface area (Å²) in [5.41, 5.74) is -0.442. The van der Waals surface area contributed by atoms with Crippen molar-refractivity contribution in [2.45, 2.75) is 31.2 Å². The van der Waals surface area contributed by atoms with E-state index >= 15 is 0 Å². The maximum absolute atomic E-state index is 13.6. The second-order valence-electron chi connectivity index (χ2n) is 4.85. The summed E-state index contributed by atoms with van der Waals surface area (Å²) in [5, 5.41) is 14.6. The second kappa shape index (κ2) is 5.88. The fourth-order valence-electron chi connectivity index (χ4n) is 2.36. The van der Waals surface area contributed by atoms with Gasteiger partial charge >= 0.3 is 6.03 Å². The molecular weight excluding hydrogens is 315 g/mol. The second-order valence-corrected chi connectivity index (χ2v) is 5.76. The number of aliphatic hydroxyl groups is 1. The number of benzene rings is 1. The molecule has 0 bridgehead atoms. The van der Waals surface area contributed by atoms with Gasteiger partial charge in [-0.2, -0.15) is 0 Å². The zero-order chi connectivity index (χ0) is 13.9. The molecule has 19 heavy (non-hydrogen) atoms. The molecule has 1 aliphatic rings. The topological polar surface area (TPSA) is 61.4 Å². The third-order valence-corrected chi connectivity index (χ3v) is 3.91. The Morgan fingerprint density at radius 3 is 2.68 bits per heavy atom. The number of hydrogen-bond donors (Lipinski definition) is 3. The first-order valence-corrected chi connectivity index (χ1v) is 6.99. The molecule has 0 unspecified atom stereocenters. The van der Waals surface area contributed by atoms with Gasteiger partial charge in [-0.25, -0.2) is 9.18 Å². The van der Waals surface area contributed by atoms with Crippen LogP contribution in [0.2, 0.25) is 0 Å². The van der Waals surface area contributed by atoms with E-state index in [1.165, 1.54) is 12.1 Å². The Labute approximate surface area is 119 Å². The van der Waals surface area contributed by atoms with Crippen molar-refractivity contribution in [3.63, 3.8) is 0 Å². The molecule has 2 amide bonds. The first-order valence-electron chi connectivity index (χ1n) is 6.20. The summed E-state index contributed by atoms with van der Waals surface area (Å²) < 4.78 is 14.2. The van der Waals surface area contributed by atoms with Crippen molar-refractivity contribution in [2.75, 3.05) is 11.9 Å². The highest BCUT2D eigenvalue weighted by Crippen LogP contribution is 2.29. The van der Waals surface area contributed by atoms with Crippen molar-refractivity contribution in [2.24, 2.45) is 0 Å². The van der Waals surface area contributed by atoms with E-state index < -0.39 is 17.4 Å². The summed E-state index contributed by atoms with van der Waals surface area (Å²) in [7, 11) is 0. The predicted molar refractivity (Wildman–Crippen MR) is 74.5 cm³/mol. The van der Waals surface area contributed by atoms with E-state index in [-0.39, 0.29) is 12.3 Å². The van der Waals surface area contributed by atoms with Gasteiger partial charge in [0.15, 0.2) is 0 Å². The number of carbonyl (C=O) groups excluding carboxylic acids is 1. The summed E-state index contributed by atoms with van der Waals surface area (Å²) in [6.45, 7) is -0.0940. The van der Waals surface area contributed by atoms with Gasteiger partial charge in [0, 0.05) is 4.47 Å². The van der Waals surface area contributed by atoms with Crippen LogP contribution < -0.4 is 10.6 Å². The number of amides is 2. The average Bonchev–Trinajstić information content (AvgIpc) is 2.82. The Morgan fingerprint density at radius 2 is 2.11 bits per heavy atom. The third-order valence-electron chi connectivity index (χ3n) is 3.42. The van der Waals surface area contributed by atoms with Gasteiger partial charge in [0.05, 0.1) is 17.8 Å². The van der Waals surface area contributed by atoms with E-state index in [1.807, 2.05) is 0 Å². The highest BCUT2D eigenvalue weighted by molar-refractivity contribution is 9.10. The molecule has 0 atom stereocenters. The normalized spacial score (nSPS) is 17.2. The molecule has 0 saturated heterocycles. The number of rotatable bonds is 3. The predicted octanol–water partition coefficient (Wildman–Crippen LogP) is 3.01. The van der Waals surface area contributed by atoms with Crippen LogP contribution in [0.4, 0.5) is 14.9 Å². The van der Waals surface area contributed by atoms with Gasteiger partial charge in [-0.3, -0.25) is 0 Å². The van der Waals surface area contributed by atoms with Gasteiger partial charge in [0.2, 0.25) is 0 Å². The maximum atomic E-state index is 13.6. The SMILES string of the molecule is O=C(Nc1ccc(Br)cc1F)NC1(CO)CCCC1. The smallest absolute Gasteiger partial charge is 0.319 e. The average molecular weight is 331 g/mol. The van der Waals surface area contributed by atoms with Crippen LogP contribution in [0.25, 0.3) is 0 Å². The lowest BCUT2D eigenvalue weighted by molar-refractivity contribution is 0.167. The van der Waals surface area contributed by atoms with Crippen LogP contribution in [-0.4, -0.2) is 23.3 Å². The number of nitrogens with one attached hydrogen (secondary N) is 2. The molecule has 104 valence electrons. The number of anilines is 1. The lowest BCUT2D eigenvalue weighted by Gasteiger charge is -2.28. The molecule has 0 aromatic heterocycles. The summed E-state index contributed by atoms with van der Waals surface area (Å²) in [6.07, 6.45) is 3.46. The minimum Gasteiger partial charge on any atom is -0.394 e. The van der Waals surface area contributed by atoms with E-state index in [2.05, 4.69) is 26.6 Å². The Kier molecular flexibility index (Phi) is 4.42. The number of aliphatic hydroxyl groups excluding tert-OH is 1. The quantitative estimate of drug-likeness (QED) is 0.797. The first kappa shape index (κ1) is 14.3. The molecule has 3 N–H and O–H groups in total. The lowest BCUT2D eigenvalue weighted by atomic mass is 9.99. The van der Waals surface area contributed by atoms with Gasteiger partial charge in [0.25, 0.3) is 0 Å². The molecule has 1 aromatic carbocycles. The number of hydrogen-bond acceptors (Lipinski definition) is 2. The summed E-state index contributed by atoms with van der Waals surface area (Å²) in [4.78, 5) is 11.9. The summed E-state index contributed by atoms with van der Waals surface area (Å²) in [6, 6.07) is 3.93. The van der Waals surface area contributed by atoms with Crippen LogP contribution in [0, 0.1) is 5.82 Å². The van der Waals surface area contributed by atoms with E-state index in [1.54, 1.807) is 6.07 Å². The number of urea groups is 1. The van der Waals surface area contributed by atoms with Crippen LogP contribution in [0.15, 0.2) is 22.7 Å². The first-order chi connectivity index (χ1) is 9.04. The van der Waals surface area contributed by atoms with Crippen LogP contribution in [-0.2, 0) is 0 Å². The van der Waals surface area contributed by atoms with Gasteiger partial charge in [-0.1, -0.05) is 28.8 Å². The van der Waals surface area contributed by atoms with Gasteiger partial charge in [-0.05, 0) is 31.0 Å². The Balaban J connectivity index is 2.01. The zero-order valence-corrected chi connectivity index (χ0v) is 12.0. The van der Waals surface area contributed by atoms with E-state index in [4.69, 9.17) is 0 Å². The Morgan fingerprint density at radius 1 is 1.42 bits per heavy atom. The van der Waals surface area contributed by atoms with Gasteiger partial charge in [0.1, 0.15) is 5.82 Å². The van der Waals surface area contributed by atoms with E-state index in [0.29, 0.717) is 4.47 Å². The zero-order valence-electron chi connectivity index (χ0n) is 10.4. The molecule has 4 nitrogen and oxygen atoms in total. The largest absolute Gasteiger partial charge is 0.394 e. The monoisotopic (exact) mass is 330 g/mol. The van der Waals surface area contributed by atoms with E-state index in [0.717, 1.165) is 25.7 Å². The van der Waals surface area contributed by atoms with Crippen molar-refractivity contribution < 1.29 is 14.3 Å². The molecule has 0 radical (unpaired) electrons. The van der Waals surface area contributed by atoms with Crippen LogP contribution in [0.5, 0.6) is 0 Å². The van der Waals surface area contributed by atoms with Crippen molar-refractivity contribution in [3.05, 3.63) is 28.5 Å². The third kappa shape index (κ3) is 3.45. The standard InChI is InChI=1S/C13H16BrFN2O2/c14-9-3-4-11(10(15)7-9)16-12(19)17-13(8-18)5-1-2-6-13/h3-4,7,18H,1-2,5-6,8H2,(H2,16,17,19). The van der Waals surface area contributed by atoms with Crippen molar-refractivity contribution >= 4 is 27.6 Å². The molecular formula is C13H16BrFN2O2. The molecule has 2 rings (SSSR count). The van der Waals surface area contributed by atoms with Crippen LogP contribution in [0.3, 0.4) is 0 Å². The highest BCUT2D eigenvalue weighted by atomic mass is 79.9. The summed E-state index contributed by atoms with van der Waals surface area (Å²) in [5.74, 6) is -0.506. The fourth-order valence-corrected chi connectivity index (χ4v) is 2.69. The van der Waals surface area contributed by atoms with Crippen LogP contribution in [0.1, 0.15) is 25.7 Å². The number of carbonyl (C=O) groups is 1. The molecule has 1 aliphatic carbocycles. The molecule has 0 spiro atoms. The molecule has 1 fully saturated rings. The maximum Gasteiger partial charge on any atom is 0.319 e. The van der Waals surface area contributed by atoms with Crippen LogP contribution >= 0.6 is 15.9 Å². The molecule has 6 heteroatoms. The minimum absolute atomic E-state index is 0.0940. The van der Waals surface area contributed by atoms with Crippen molar-refractivity contribution in [3.8, 4) is 0 Å². The van der Waals surface area contributed by atoms with Gasteiger partial charge in [-0.15, -0.1) is 0 Å². The van der Waals surface area contributed by atoms with E-state index in [9.17, 15) is 14.3 Å². The Hall–Kier alpha value is -1.14. The fraction of sp³-hybridized carbons (Fsp3) is 0.462. The highest BCUT2D eigenvalue weighted by Gasteiger charge is 2.34. The Bertz CT molecular complexity index is 476. The lowest BCUT2D eigenvalue weighted by Crippen LogP contribution is -2.50. The van der Waals surface area contributed by atoms with Gasteiger partial charge < -0.3 is 15.7 Å². The summed E-state index contributed by atoms with van der Waals surface area (Å²) >= 11 is 3.15.